The van der Waals surface area contributed by atoms with Crippen LogP contribution >= 0.6 is 0 Å². The van der Waals surface area contributed by atoms with Crippen LogP contribution < -0.4 is 10.1 Å². The Hall–Kier alpha value is -2.49. The van der Waals surface area contributed by atoms with E-state index in [1.165, 1.54) is 11.3 Å². The van der Waals surface area contributed by atoms with Gasteiger partial charge in [-0.3, -0.25) is 4.40 Å². The lowest BCUT2D eigenvalue weighted by molar-refractivity contribution is 0.415. The summed E-state index contributed by atoms with van der Waals surface area (Å²) < 4.78 is 7.46. The van der Waals surface area contributed by atoms with Crippen molar-refractivity contribution in [2.75, 3.05) is 12.4 Å². The molecule has 0 aliphatic heterocycles. The van der Waals surface area contributed by atoms with Gasteiger partial charge in [0.1, 0.15) is 22.9 Å². The number of aryl methyl sites for hydroxylation is 2. The number of anilines is 1. The molecule has 3 aromatic rings. The number of hydrogen-bond acceptors (Lipinski definition) is 3. The van der Waals surface area contributed by atoms with Gasteiger partial charge in [0.25, 0.3) is 0 Å². The number of nitrogens with one attached hydrogen (secondary N) is 1. The highest BCUT2D eigenvalue weighted by molar-refractivity contribution is 5.77. The SMILES string of the molecule is COc1ccc(-c2nc3cc(C)cc(C)n3c2NC(C)(C)C)cc1. The van der Waals surface area contributed by atoms with Gasteiger partial charge in [-0.25, -0.2) is 4.98 Å². The minimum Gasteiger partial charge on any atom is -0.497 e. The predicted molar refractivity (Wildman–Crippen MR) is 100 cm³/mol. The highest BCUT2D eigenvalue weighted by Gasteiger charge is 2.20. The fourth-order valence-corrected chi connectivity index (χ4v) is 2.95. The maximum Gasteiger partial charge on any atom is 0.139 e. The number of methoxy groups -OCH3 is 1. The monoisotopic (exact) mass is 323 g/mol. The number of imidazole rings is 1. The molecule has 2 aromatic heterocycles. The van der Waals surface area contributed by atoms with Gasteiger partial charge in [-0.2, -0.15) is 0 Å². The third-order valence-corrected chi connectivity index (χ3v) is 3.91. The van der Waals surface area contributed by atoms with Crippen molar-refractivity contribution < 1.29 is 4.74 Å². The van der Waals surface area contributed by atoms with E-state index in [0.717, 1.165) is 28.5 Å². The number of aromatic nitrogens is 2. The van der Waals surface area contributed by atoms with Crippen molar-refractivity contribution in [2.45, 2.75) is 40.2 Å². The molecule has 126 valence electrons. The zero-order valence-electron chi connectivity index (χ0n) is 15.3. The van der Waals surface area contributed by atoms with E-state index in [1.807, 2.05) is 12.1 Å². The lowest BCUT2D eigenvalue weighted by Crippen LogP contribution is -2.27. The minimum absolute atomic E-state index is 0.0610. The van der Waals surface area contributed by atoms with Crippen LogP contribution in [0.15, 0.2) is 36.4 Å². The summed E-state index contributed by atoms with van der Waals surface area (Å²) in [6.07, 6.45) is 0. The largest absolute Gasteiger partial charge is 0.497 e. The van der Waals surface area contributed by atoms with Gasteiger partial charge in [-0.15, -0.1) is 0 Å². The van der Waals surface area contributed by atoms with Crippen LogP contribution in [0.4, 0.5) is 5.82 Å². The Morgan fingerprint density at radius 2 is 1.71 bits per heavy atom. The molecule has 0 saturated heterocycles. The van der Waals surface area contributed by atoms with Crippen LogP contribution in [0.1, 0.15) is 32.0 Å². The van der Waals surface area contributed by atoms with E-state index >= 15 is 0 Å². The third kappa shape index (κ3) is 3.09. The first kappa shape index (κ1) is 16.4. The molecule has 0 aliphatic carbocycles. The van der Waals surface area contributed by atoms with Crippen molar-refractivity contribution >= 4 is 11.5 Å². The van der Waals surface area contributed by atoms with Gasteiger partial charge in [-0.05, 0) is 76.6 Å². The Labute approximate surface area is 143 Å². The molecule has 3 rings (SSSR count). The van der Waals surface area contributed by atoms with Crippen molar-refractivity contribution in [3.8, 4) is 17.0 Å². The lowest BCUT2D eigenvalue weighted by atomic mass is 10.1. The Morgan fingerprint density at radius 1 is 1.04 bits per heavy atom. The molecule has 1 N–H and O–H groups in total. The minimum atomic E-state index is -0.0610. The van der Waals surface area contributed by atoms with Gasteiger partial charge in [0.05, 0.1) is 7.11 Å². The molecule has 0 radical (unpaired) electrons. The molecular weight excluding hydrogens is 298 g/mol. The number of nitrogens with zero attached hydrogens (tertiary/aromatic N) is 2. The van der Waals surface area contributed by atoms with Crippen LogP contribution in [-0.2, 0) is 0 Å². The average Bonchev–Trinajstić information content (AvgIpc) is 2.84. The second-order valence-electron chi connectivity index (χ2n) is 7.28. The van der Waals surface area contributed by atoms with Crippen LogP contribution in [0.25, 0.3) is 16.9 Å². The van der Waals surface area contributed by atoms with E-state index < -0.39 is 0 Å². The van der Waals surface area contributed by atoms with Crippen molar-refractivity contribution in [1.82, 2.24) is 9.38 Å². The molecule has 0 amide bonds. The Balaban J connectivity index is 2.25. The molecular formula is C20H25N3O. The number of rotatable bonds is 3. The molecule has 2 heterocycles. The molecule has 4 nitrogen and oxygen atoms in total. The van der Waals surface area contributed by atoms with E-state index in [2.05, 4.69) is 68.6 Å². The highest BCUT2D eigenvalue weighted by Crippen LogP contribution is 2.33. The predicted octanol–water partition coefficient (Wildman–Crippen LogP) is 4.84. The number of fused-ring (bicyclic) bond motifs is 1. The van der Waals surface area contributed by atoms with Crippen molar-refractivity contribution in [1.29, 1.82) is 0 Å². The number of ether oxygens (including phenoxy) is 1. The topological polar surface area (TPSA) is 38.6 Å². The molecule has 0 spiro atoms. The fraction of sp³-hybridized carbons (Fsp3) is 0.350. The summed E-state index contributed by atoms with van der Waals surface area (Å²) in [6, 6.07) is 12.3. The average molecular weight is 323 g/mol. The molecule has 1 aromatic carbocycles. The van der Waals surface area contributed by atoms with Crippen molar-refractivity contribution in [3.63, 3.8) is 0 Å². The van der Waals surface area contributed by atoms with Crippen LogP contribution in [0.5, 0.6) is 5.75 Å². The van der Waals surface area contributed by atoms with E-state index in [4.69, 9.17) is 9.72 Å². The molecule has 4 heteroatoms. The van der Waals surface area contributed by atoms with Crippen molar-refractivity contribution in [3.05, 3.63) is 47.7 Å². The smallest absolute Gasteiger partial charge is 0.139 e. The van der Waals surface area contributed by atoms with Gasteiger partial charge in [-0.1, -0.05) is 0 Å². The molecule has 0 saturated carbocycles. The standard InChI is InChI=1S/C20H25N3O/c1-13-11-14(2)23-17(12-13)21-18(19(23)22-20(3,4)5)15-7-9-16(24-6)10-8-15/h7-12,22H,1-6H3. The Bertz CT molecular complexity index is 871. The number of hydrogen-bond donors (Lipinski definition) is 1. The van der Waals surface area contributed by atoms with Crippen LogP contribution in [0, 0.1) is 13.8 Å². The van der Waals surface area contributed by atoms with E-state index in [1.54, 1.807) is 7.11 Å². The molecule has 0 fully saturated rings. The van der Waals surface area contributed by atoms with E-state index in [-0.39, 0.29) is 5.54 Å². The molecule has 24 heavy (non-hydrogen) atoms. The summed E-state index contributed by atoms with van der Waals surface area (Å²) in [6.45, 7) is 10.7. The highest BCUT2D eigenvalue weighted by atomic mass is 16.5. The molecule has 0 unspecified atom stereocenters. The summed E-state index contributed by atoms with van der Waals surface area (Å²) in [5.74, 6) is 1.88. The van der Waals surface area contributed by atoms with Gasteiger partial charge < -0.3 is 10.1 Å². The number of benzene rings is 1. The lowest BCUT2D eigenvalue weighted by Gasteiger charge is -2.23. The van der Waals surface area contributed by atoms with Gasteiger partial charge in [0.15, 0.2) is 0 Å². The summed E-state index contributed by atoms with van der Waals surface area (Å²) in [7, 11) is 1.68. The van der Waals surface area contributed by atoms with Crippen LogP contribution in [0.3, 0.4) is 0 Å². The van der Waals surface area contributed by atoms with Crippen LogP contribution in [0.2, 0.25) is 0 Å². The van der Waals surface area contributed by atoms with Gasteiger partial charge >= 0.3 is 0 Å². The summed E-state index contributed by atoms with van der Waals surface area (Å²) in [5, 5.41) is 3.63. The second kappa shape index (κ2) is 5.86. The Morgan fingerprint density at radius 3 is 2.29 bits per heavy atom. The maximum absolute atomic E-state index is 5.27. The first-order chi connectivity index (χ1) is 11.3. The Kier molecular flexibility index (Phi) is 3.99. The quantitative estimate of drug-likeness (QED) is 0.750. The molecule has 0 bridgehead atoms. The first-order valence-corrected chi connectivity index (χ1v) is 8.21. The normalized spacial score (nSPS) is 11.8. The van der Waals surface area contributed by atoms with Gasteiger partial charge in [0, 0.05) is 16.8 Å². The zero-order valence-corrected chi connectivity index (χ0v) is 15.3. The zero-order chi connectivity index (χ0) is 17.5. The van der Waals surface area contributed by atoms with E-state index in [0.29, 0.717) is 0 Å². The van der Waals surface area contributed by atoms with Crippen molar-refractivity contribution in [2.24, 2.45) is 0 Å². The maximum atomic E-state index is 5.27. The van der Waals surface area contributed by atoms with E-state index in [9.17, 15) is 0 Å². The first-order valence-electron chi connectivity index (χ1n) is 8.21. The summed E-state index contributed by atoms with van der Waals surface area (Å²) in [5.41, 5.74) is 5.32. The molecule has 0 aliphatic rings. The third-order valence-electron chi connectivity index (χ3n) is 3.91. The number of pyridine rings is 1. The molecule has 0 atom stereocenters. The summed E-state index contributed by atoms with van der Waals surface area (Å²) in [4.78, 5) is 4.90. The fourth-order valence-electron chi connectivity index (χ4n) is 2.95. The van der Waals surface area contributed by atoms with Gasteiger partial charge in [0.2, 0.25) is 0 Å². The van der Waals surface area contributed by atoms with Crippen LogP contribution in [-0.4, -0.2) is 22.0 Å². The second-order valence-corrected chi connectivity index (χ2v) is 7.28. The summed E-state index contributed by atoms with van der Waals surface area (Å²) >= 11 is 0.